The Hall–Kier alpha value is -2.00. The Kier molecular flexibility index (Phi) is 4.86. The summed E-state index contributed by atoms with van der Waals surface area (Å²) in [4.78, 5) is 0.135. The fraction of sp³-hybridized carbons (Fsp3) is 0.0667. The second kappa shape index (κ2) is 6.64. The Balaban J connectivity index is 2.18. The number of anilines is 1. The summed E-state index contributed by atoms with van der Waals surface area (Å²) < 4.78 is 26.8. The van der Waals surface area contributed by atoms with Gasteiger partial charge in [-0.05, 0) is 48.5 Å². The van der Waals surface area contributed by atoms with Gasteiger partial charge in [0.25, 0.3) is 10.0 Å². The molecule has 21 heavy (non-hydrogen) atoms. The van der Waals surface area contributed by atoms with Crippen LogP contribution in [0.3, 0.4) is 0 Å². The van der Waals surface area contributed by atoms with Crippen molar-refractivity contribution in [3.05, 3.63) is 59.1 Å². The van der Waals surface area contributed by atoms with Crippen molar-refractivity contribution in [3.63, 3.8) is 0 Å². The highest BCUT2D eigenvalue weighted by molar-refractivity contribution is 7.92. The zero-order valence-electron chi connectivity index (χ0n) is 10.9. The van der Waals surface area contributed by atoms with Crippen molar-refractivity contribution in [1.82, 2.24) is 0 Å². The standard InChI is InChI=1S/C15H12ClNO3S/c16-13-5-9-15(10-6-13)21(19,20)17-14-7-3-12(4-8-14)2-1-11-18/h3-10,17-18H,11H2. The van der Waals surface area contributed by atoms with Crippen molar-refractivity contribution in [2.45, 2.75) is 4.90 Å². The van der Waals surface area contributed by atoms with Crippen LogP contribution in [0.15, 0.2) is 53.4 Å². The van der Waals surface area contributed by atoms with Crippen LogP contribution in [-0.4, -0.2) is 20.1 Å². The minimum atomic E-state index is -3.64. The lowest BCUT2D eigenvalue weighted by Gasteiger charge is -2.08. The van der Waals surface area contributed by atoms with Crippen LogP contribution < -0.4 is 4.72 Å². The van der Waals surface area contributed by atoms with E-state index in [0.717, 1.165) is 0 Å². The van der Waals surface area contributed by atoms with Crippen molar-refractivity contribution < 1.29 is 13.5 Å². The fourth-order valence-electron chi connectivity index (χ4n) is 1.59. The lowest BCUT2D eigenvalue weighted by molar-refractivity contribution is 0.350. The summed E-state index contributed by atoms with van der Waals surface area (Å²) in [6.07, 6.45) is 0. The van der Waals surface area contributed by atoms with Crippen LogP contribution in [-0.2, 0) is 10.0 Å². The third kappa shape index (κ3) is 4.23. The van der Waals surface area contributed by atoms with Gasteiger partial charge in [-0.25, -0.2) is 8.42 Å². The Morgan fingerprint density at radius 2 is 1.67 bits per heavy atom. The molecule has 2 aromatic rings. The third-order valence-corrected chi connectivity index (χ3v) is 4.22. The number of sulfonamides is 1. The van der Waals surface area contributed by atoms with Crippen molar-refractivity contribution in [2.75, 3.05) is 11.3 Å². The van der Waals surface area contributed by atoms with E-state index in [1.165, 1.54) is 24.3 Å². The van der Waals surface area contributed by atoms with Gasteiger partial charge in [0.2, 0.25) is 0 Å². The van der Waals surface area contributed by atoms with E-state index in [1.54, 1.807) is 24.3 Å². The van der Waals surface area contributed by atoms with Gasteiger partial charge < -0.3 is 5.11 Å². The predicted molar refractivity (Wildman–Crippen MR) is 82.7 cm³/mol. The molecule has 0 heterocycles. The van der Waals surface area contributed by atoms with E-state index in [-0.39, 0.29) is 11.5 Å². The normalized spacial score (nSPS) is 10.6. The van der Waals surface area contributed by atoms with Gasteiger partial charge >= 0.3 is 0 Å². The molecule has 0 saturated heterocycles. The number of hydrogen-bond acceptors (Lipinski definition) is 3. The van der Waals surface area contributed by atoms with E-state index in [0.29, 0.717) is 16.3 Å². The summed E-state index contributed by atoms with van der Waals surface area (Å²) in [5.74, 6) is 5.25. The maximum absolute atomic E-state index is 12.2. The van der Waals surface area contributed by atoms with Gasteiger partial charge in [0.05, 0.1) is 4.90 Å². The zero-order valence-corrected chi connectivity index (χ0v) is 12.4. The molecule has 4 nitrogen and oxygen atoms in total. The monoisotopic (exact) mass is 321 g/mol. The van der Waals surface area contributed by atoms with Gasteiger partial charge in [-0.3, -0.25) is 4.72 Å². The van der Waals surface area contributed by atoms with E-state index < -0.39 is 10.0 Å². The molecule has 0 unspecified atom stereocenters. The number of hydrogen-bond donors (Lipinski definition) is 2. The van der Waals surface area contributed by atoms with E-state index in [1.807, 2.05) is 0 Å². The van der Waals surface area contributed by atoms with Crippen LogP contribution >= 0.6 is 11.6 Å². The summed E-state index contributed by atoms with van der Waals surface area (Å²) >= 11 is 5.74. The third-order valence-electron chi connectivity index (χ3n) is 2.57. The summed E-state index contributed by atoms with van der Waals surface area (Å²) in [6, 6.07) is 12.5. The van der Waals surface area contributed by atoms with Crippen molar-refractivity contribution >= 4 is 27.3 Å². The molecule has 6 heteroatoms. The zero-order chi connectivity index (χ0) is 15.3. The molecule has 0 fully saturated rings. The molecule has 2 rings (SSSR count). The first-order chi connectivity index (χ1) is 10.0. The molecule has 0 amide bonds. The molecule has 0 aromatic heterocycles. The van der Waals surface area contributed by atoms with E-state index in [2.05, 4.69) is 16.6 Å². The Morgan fingerprint density at radius 3 is 2.24 bits per heavy atom. The average Bonchev–Trinajstić information content (AvgIpc) is 2.47. The first kappa shape index (κ1) is 15.4. The van der Waals surface area contributed by atoms with E-state index >= 15 is 0 Å². The number of rotatable bonds is 3. The minimum Gasteiger partial charge on any atom is -0.384 e. The molecule has 0 aliphatic carbocycles. The highest BCUT2D eigenvalue weighted by Crippen LogP contribution is 2.18. The molecule has 108 valence electrons. The molecular formula is C15H12ClNO3S. The highest BCUT2D eigenvalue weighted by Gasteiger charge is 2.13. The van der Waals surface area contributed by atoms with Crippen molar-refractivity contribution in [1.29, 1.82) is 0 Å². The SMILES string of the molecule is O=S(=O)(Nc1ccc(C#CCO)cc1)c1ccc(Cl)cc1. The second-order valence-corrected chi connectivity index (χ2v) is 6.22. The van der Waals surface area contributed by atoms with Crippen LogP contribution in [0.4, 0.5) is 5.69 Å². The van der Waals surface area contributed by atoms with E-state index in [9.17, 15) is 8.42 Å². The van der Waals surface area contributed by atoms with Crippen LogP contribution in [0.25, 0.3) is 0 Å². The Morgan fingerprint density at radius 1 is 1.05 bits per heavy atom. The maximum atomic E-state index is 12.2. The molecule has 0 saturated carbocycles. The molecular weight excluding hydrogens is 310 g/mol. The maximum Gasteiger partial charge on any atom is 0.261 e. The molecule has 0 aliphatic heterocycles. The van der Waals surface area contributed by atoms with Crippen molar-refractivity contribution in [3.8, 4) is 11.8 Å². The first-order valence-corrected chi connectivity index (χ1v) is 7.85. The second-order valence-electron chi connectivity index (χ2n) is 4.10. The van der Waals surface area contributed by atoms with Crippen LogP contribution in [0, 0.1) is 11.8 Å². The lowest BCUT2D eigenvalue weighted by Crippen LogP contribution is -2.12. The van der Waals surface area contributed by atoms with Gasteiger partial charge in [0.1, 0.15) is 6.61 Å². The van der Waals surface area contributed by atoms with Gasteiger partial charge in [0, 0.05) is 16.3 Å². The molecule has 2 N–H and O–H groups in total. The first-order valence-electron chi connectivity index (χ1n) is 5.99. The highest BCUT2D eigenvalue weighted by atomic mass is 35.5. The Labute approximate surface area is 128 Å². The predicted octanol–water partition coefficient (Wildman–Crippen LogP) is 2.48. The summed E-state index contributed by atoms with van der Waals surface area (Å²) in [6.45, 7) is -0.217. The fourth-order valence-corrected chi connectivity index (χ4v) is 2.78. The molecule has 2 aromatic carbocycles. The molecule has 0 bridgehead atoms. The smallest absolute Gasteiger partial charge is 0.261 e. The average molecular weight is 322 g/mol. The van der Waals surface area contributed by atoms with Gasteiger partial charge in [-0.15, -0.1) is 0 Å². The quantitative estimate of drug-likeness (QED) is 0.854. The summed E-state index contributed by atoms with van der Waals surface area (Å²) in [5.41, 5.74) is 1.12. The summed E-state index contributed by atoms with van der Waals surface area (Å²) in [7, 11) is -3.64. The van der Waals surface area contributed by atoms with Gasteiger partial charge in [-0.2, -0.15) is 0 Å². The Bertz CT molecular complexity index is 772. The van der Waals surface area contributed by atoms with Crippen LogP contribution in [0.1, 0.15) is 5.56 Å². The van der Waals surface area contributed by atoms with Crippen LogP contribution in [0.2, 0.25) is 5.02 Å². The molecule has 0 aliphatic rings. The topological polar surface area (TPSA) is 66.4 Å². The number of aliphatic hydroxyl groups is 1. The number of halogens is 1. The van der Waals surface area contributed by atoms with Crippen LogP contribution in [0.5, 0.6) is 0 Å². The molecule has 0 atom stereocenters. The minimum absolute atomic E-state index is 0.135. The lowest BCUT2D eigenvalue weighted by atomic mass is 10.2. The number of nitrogens with one attached hydrogen (secondary N) is 1. The van der Waals surface area contributed by atoms with Gasteiger partial charge in [0.15, 0.2) is 0 Å². The van der Waals surface area contributed by atoms with Crippen molar-refractivity contribution in [2.24, 2.45) is 0 Å². The molecule has 0 radical (unpaired) electrons. The van der Waals surface area contributed by atoms with Gasteiger partial charge in [-0.1, -0.05) is 23.4 Å². The largest absolute Gasteiger partial charge is 0.384 e. The molecule has 0 spiro atoms. The van der Waals surface area contributed by atoms with E-state index in [4.69, 9.17) is 16.7 Å². The summed E-state index contributed by atoms with van der Waals surface area (Å²) in [5, 5.41) is 9.08. The number of benzene rings is 2. The number of aliphatic hydroxyl groups excluding tert-OH is 1.